The molecule has 0 bridgehead atoms. The van der Waals surface area contributed by atoms with Crippen LogP contribution in [0.3, 0.4) is 0 Å². The lowest BCUT2D eigenvalue weighted by molar-refractivity contribution is 0.133. The van der Waals surface area contributed by atoms with Crippen LogP contribution in [0.2, 0.25) is 0 Å². The molecule has 0 aromatic carbocycles. The van der Waals surface area contributed by atoms with Crippen LogP contribution in [0.15, 0.2) is 0 Å². The minimum absolute atomic E-state index is 0.198. The van der Waals surface area contributed by atoms with Crippen LogP contribution in [-0.4, -0.2) is 20.2 Å². The standard InChI is InChI=1S/C11H20N4/c1-5-15-9-7-14(11(2,3)4)6-8(9)10(12)13-15/h5-7H2,1-4H3,(H2,12,13). The molecule has 2 rings (SSSR count). The van der Waals surface area contributed by atoms with Gasteiger partial charge in [-0.25, -0.2) is 0 Å². The summed E-state index contributed by atoms with van der Waals surface area (Å²) in [6.45, 7) is 11.6. The molecule has 4 nitrogen and oxygen atoms in total. The number of nitrogen functional groups attached to an aromatic ring is 1. The second-order valence-electron chi connectivity index (χ2n) is 5.15. The fourth-order valence-corrected chi connectivity index (χ4v) is 2.07. The Hall–Kier alpha value is -1.03. The smallest absolute Gasteiger partial charge is 0.150 e. The van der Waals surface area contributed by atoms with Gasteiger partial charge < -0.3 is 5.73 Å². The maximum absolute atomic E-state index is 5.92. The van der Waals surface area contributed by atoms with Gasteiger partial charge >= 0.3 is 0 Å². The number of rotatable bonds is 1. The van der Waals surface area contributed by atoms with Crippen LogP contribution in [-0.2, 0) is 19.6 Å². The monoisotopic (exact) mass is 208 g/mol. The Morgan fingerprint density at radius 1 is 1.33 bits per heavy atom. The van der Waals surface area contributed by atoms with E-state index in [1.807, 2.05) is 4.68 Å². The maximum atomic E-state index is 5.92. The van der Waals surface area contributed by atoms with Crippen LogP contribution in [0.1, 0.15) is 39.0 Å². The fraction of sp³-hybridized carbons (Fsp3) is 0.727. The fourth-order valence-electron chi connectivity index (χ4n) is 2.07. The minimum Gasteiger partial charge on any atom is -0.382 e. The second kappa shape index (κ2) is 3.23. The molecule has 0 radical (unpaired) electrons. The Morgan fingerprint density at radius 3 is 2.53 bits per heavy atom. The molecule has 15 heavy (non-hydrogen) atoms. The van der Waals surface area contributed by atoms with Gasteiger partial charge in [-0.1, -0.05) is 0 Å². The first kappa shape index (κ1) is 10.5. The summed E-state index contributed by atoms with van der Waals surface area (Å²) in [4.78, 5) is 2.43. The highest BCUT2D eigenvalue weighted by molar-refractivity contribution is 5.45. The SMILES string of the molecule is CCn1nc(N)c2c1CN(C(C)(C)C)C2. The van der Waals surface area contributed by atoms with E-state index in [9.17, 15) is 0 Å². The molecular weight excluding hydrogens is 188 g/mol. The van der Waals surface area contributed by atoms with Crippen LogP contribution in [0.25, 0.3) is 0 Å². The Kier molecular flexibility index (Phi) is 2.26. The van der Waals surface area contributed by atoms with E-state index in [2.05, 4.69) is 37.7 Å². The van der Waals surface area contributed by atoms with Gasteiger partial charge in [-0.3, -0.25) is 9.58 Å². The van der Waals surface area contributed by atoms with Crippen molar-refractivity contribution >= 4 is 5.82 Å². The Morgan fingerprint density at radius 2 is 2.00 bits per heavy atom. The summed E-state index contributed by atoms with van der Waals surface area (Å²) in [5.41, 5.74) is 8.64. The number of anilines is 1. The van der Waals surface area contributed by atoms with E-state index in [0.29, 0.717) is 5.82 Å². The average molecular weight is 208 g/mol. The van der Waals surface area contributed by atoms with E-state index in [1.165, 1.54) is 11.3 Å². The Bertz CT molecular complexity index is 373. The number of nitrogens with two attached hydrogens (primary N) is 1. The van der Waals surface area contributed by atoms with Crippen LogP contribution in [0, 0.1) is 0 Å². The highest BCUT2D eigenvalue weighted by atomic mass is 15.3. The van der Waals surface area contributed by atoms with Crippen molar-refractivity contribution in [2.45, 2.75) is 52.9 Å². The summed E-state index contributed by atoms with van der Waals surface area (Å²) < 4.78 is 2.02. The van der Waals surface area contributed by atoms with E-state index >= 15 is 0 Å². The minimum atomic E-state index is 0.198. The third kappa shape index (κ3) is 1.63. The molecule has 0 spiro atoms. The average Bonchev–Trinajstić information content (AvgIpc) is 2.65. The molecule has 4 heteroatoms. The highest BCUT2D eigenvalue weighted by Gasteiger charge is 2.32. The summed E-state index contributed by atoms with van der Waals surface area (Å²) in [5.74, 6) is 0.707. The molecule has 0 atom stereocenters. The predicted molar refractivity (Wildman–Crippen MR) is 61.3 cm³/mol. The van der Waals surface area contributed by atoms with E-state index in [-0.39, 0.29) is 5.54 Å². The van der Waals surface area contributed by atoms with Crippen molar-refractivity contribution in [2.75, 3.05) is 5.73 Å². The summed E-state index contributed by atoms with van der Waals surface area (Å²) >= 11 is 0. The second-order valence-corrected chi connectivity index (χ2v) is 5.15. The zero-order chi connectivity index (χ0) is 11.2. The zero-order valence-corrected chi connectivity index (χ0v) is 10.0. The lowest BCUT2D eigenvalue weighted by Crippen LogP contribution is -2.37. The van der Waals surface area contributed by atoms with Crippen molar-refractivity contribution in [1.29, 1.82) is 0 Å². The van der Waals surface area contributed by atoms with Gasteiger partial charge in [0.25, 0.3) is 0 Å². The van der Waals surface area contributed by atoms with E-state index in [1.54, 1.807) is 0 Å². The molecule has 0 aliphatic carbocycles. The number of nitrogens with zero attached hydrogens (tertiary/aromatic N) is 3. The quantitative estimate of drug-likeness (QED) is 0.762. The molecule has 0 saturated carbocycles. The molecule has 0 amide bonds. The molecule has 0 saturated heterocycles. The van der Waals surface area contributed by atoms with Crippen LogP contribution >= 0.6 is 0 Å². The normalized spacial score (nSPS) is 17.1. The van der Waals surface area contributed by atoms with Crippen molar-refractivity contribution < 1.29 is 0 Å². The van der Waals surface area contributed by atoms with E-state index < -0.39 is 0 Å². The molecule has 1 aliphatic heterocycles. The molecule has 1 aliphatic rings. The first-order chi connectivity index (χ1) is 6.93. The van der Waals surface area contributed by atoms with E-state index in [4.69, 9.17) is 5.73 Å². The summed E-state index contributed by atoms with van der Waals surface area (Å²) in [7, 11) is 0. The summed E-state index contributed by atoms with van der Waals surface area (Å²) in [6.07, 6.45) is 0. The predicted octanol–water partition coefficient (Wildman–Crippen LogP) is 1.60. The van der Waals surface area contributed by atoms with Gasteiger partial charge in [0.1, 0.15) is 5.82 Å². The van der Waals surface area contributed by atoms with Crippen molar-refractivity contribution in [3.8, 4) is 0 Å². The molecule has 2 N–H and O–H groups in total. The van der Waals surface area contributed by atoms with Gasteiger partial charge in [0.2, 0.25) is 0 Å². The maximum Gasteiger partial charge on any atom is 0.150 e. The number of aromatic nitrogens is 2. The number of hydrogen-bond acceptors (Lipinski definition) is 3. The Balaban J connectivity index is 2.31. The molecule has 84 valence electrons. The summed E-state index contributed by atoms with van der Waals surface area (Å²) in [6, 6.07) is 0. The molecule has 1 aromatic rings. The van der Waals surface area contributed by atoms with Crippen molar-refractivity contribution in [2.24, 2.45) is 0 Å². The first-order valence-corrected chi connectivity index (χ1v) is 5.52. The number of hydrogen-bond donors (Lipinski definition) is 1. The highest BCUT2D eigenvalue weighted by Crippen LogP contribution is 2.32. The van der Waals surface area contributed by atoms with Crippen molar-refractivity contribution in [1.82, 2.24) is 14.7 Å². The summed E-state index contributed by atoms with van der Waals surface area (Å²) in [5, 5.41) is 4.34. The topological polar surface area (TPSA) is 47.1 Å². The molecule has 2 heterocycles. The van der Waals surface area contributed by atoms with Gasteiger partial charge in [0, 0.05) is 30.7 Å². The van der Waals surface area contributed by atoms with Gasteiger partial charge in [-0.15, -0.1) is 0 Å². The molecule has 1 aromatic heterocycles. The third-order valence-electron chi connectivity index (χ3n) is 3.14. The molecule has 0 fully saturated rings. The first-order valence-electron chi connectivity index (χ1n) is 5.52. The van der Waals surface area contributed by atoms with Gasteiger partial charge in [0.05, 0.1) is 5.69 Å². The van der Waals surface area contributed by atoms with E-state index in [0.717, 1.165) is 19.6 Å². The van der Waals surface area contributed by atoms with Crippen LogP contribution in [0.4, 0.5) is 5.82 Å². The Labute approximate surface area is 91.1 Å². The lowest BCUT2D eigenvalue weighted by Gasteiger charge is -2.31. The van der Waals surface area contributed by atoms with Crippen molar-refractivity contribution in [3.63, 3.8) is 0 Å². The third-order valence-corrected chi connectivity index (χ3v) is 3.14. The van der Waals surface area contributed by atoms with Crippen molar-refractivity contribution in [3.05, 3.63) is 11.3 Å². The largest absolute Gasteiger partial charge is 0.382 e. The van der Waals surface area contributed by atoms with Gasteiger partial charge in [-0.2, -0.15) is 5.10 Å². The number of aryl methyl sites for hydroxylation is 1. The molecule has 0 unspecified atom stereocenters. The van der Waals surface area contributed by atoms with Gasteiger partial charge in [-0.05, 0) is 27.7 Å². The lowest BCUT2D eigenvalue weighted by atomic mass is 10.1. The zero-order valence-electron chi connectivity index (χ0n) is 10.0. The van der Waals surface area contributed by atoms with Crippen LogP contribution in [0.5, 0.6) is 0 Å². The number of fused-ring (bicyclic) bond motifs is 1. The van der Waals surface area contributed by atoms with Crippen LogP contribution < -0.4 is 5.73 Å². The molecular formula is C11H20N4. The van der Waals surface area contributed by atoms with Gasteiger partial charge in [0.15, 0.2) is 0 Å².